The molecule has 0 bridgehead atoms. The fraction of sp³-hybridized carbons (Fsp3) is 0.667. The lowest BCUT2D eigenvalue weighted by atomic mass is 10.1. The maximum atomic E-state index is 3.48. The fourth-order valence-electron chi connectivity index (χ4n) is 3.26. The molecule has 0 unspecified atom stereocenters. The quantitative estimate of drug-likeness (QED) is 0.839. The Morgan fingerprint density at radius 1 is 1.25 bits per heavy atom. The number of hydrogen-bond acceptors (Lipinski definition) is 2. The molecule has 0 saturated heterocycles. The van der Waals surface area contributed by atoms with Crippen molar-refractivity contribution < 1.29 is 0 Å². The number of nitrogens with one attached hydrogen (secondary N) is 1. The molecular weight excluding hydrogens is 244 g/mol. The Balaban J connectivity index is 1.97. The summed E-state index contributed by atoms with van der Waals surface area (Å²) in [5.41, 5.74) is 4.17. The molecule has 0 amide bonds. The van der Waals surface area contributed by atoms with Crippen molar-refractivity contribution in [2.45, 2.75) is 59.0 Å². The van der Waals surface area contributed by atoms with Gasteiger partial charge in [0.05, 0.1) is 0 Å². The lowest BCUT2D eigenvalue weighted by Crippen LogP contribution is -2.25. The first-order chi connectivity index (χ1) is 9.56. The van der Waals surface area contributed by atoms with Crippen LogP contribution >= 0.6 is 0 Å². The number of aryl methyl sites for hydroxylation is 1. The lowest BCUT2D eigenvalue weighted by Gasteiger charge is -2.25. The maximum absolute atomic E-state index is 3.48. The van der Waals surface area contributed by atoms with Gasteiger partial charge in [-0.2, -0.15) is 0 Å². The minimum Gasteiger partial charge on any atom is -0.374 e. The summed E-state index contributed by atoms with van der Waals surface area (Å²) in [5.74, 6) is 0.904. The van der Waals surface area contributed by atoms with Crippen LogP contribution in [0.3, 0.4) is 0 Å². The smallest absolute Gasteiger partial charge is 0.0393 e. The molecule has 0 atom stereocenters. The first-order valence-electron chi connectivity index (χ1n) is 8.10. The molecule has 1 aliphatic rings. The molecule has 1 aromatic rings. The van der Waals surface area contributed by atoms with Gasteiger partial charge in [-0.05, 0) is 42.9 Å². The summed E-state index contributed by atoms with van der Waals surface area (Å²) in [6, 6.07) is 7.43. The van der Waals surface area contributed by atoms with E-state index in [4.69, 9.17) is 0 Å². The predicted molar refractivity (Wildman–Crippen MR) is 88.4 cm³/mol. The van der Waals surface area contributed by atoms with Crippen molar-refractivity contribution in [2.24, 2.45) is 5.92 Å². The Hall–Kier alpha value is -1.02. The van der Waals surface area contributed by atoms with E-state index in [1.807, 2.05) is 0 Å². The summed E-state index contributed by atoms with van der Waals surface area (Å²) in [4.78, 5) is 2.45. The van der Waals surface area contributed by atoms with Gasteiger partial charge in [0, 0.05) is 31.9 Å². The zero-order valence-electron chi connectivity index (χ0n) is 13.6. The molecule has 0 radical (unpaired) electrons. The van der Waals surface area contributed by atoms with Crippen LogP contribution in [0.25, 0.3) is 0 Å². The SMILES string of the molecule is Cc1cc(CNC(C)C)ccc1N(C)CC1CCCC1. The van der Waals surface area contributed by atoms with Gasteiger partial charge in [0.1, 0.15) is 0 Å². The molecule has 1 fully saturated rings. The number of nitrogens with zero attached hydrogens (tertiary/aromatic N) is 1. The van der Waals surface area contributed by atoms with Crippen LogP contribution in [0.5, 0.6) is 0 Å². The molecule has 2 rings (SSSR count). The fourth-order valence-corrected chi connectivity index (χ4v) is 3.26. The van der Waals surface area contributed by atoms with E-state index < -0.39 is 0 Å². The van der Waals surface area contributed by atoms with Crippen molar-refractivity contribution in [3.05, 3.63) is 29.3 Å². The first kappa shape index (κ1) is 15.4. The molecule has 0 spiro atoms. The highest BCUT2D eigenvalue weighted by Gasteiger charge is 2.17. The highest BCUT2D eigenvalue weighted by atomic mass is 15.1. The Labute approximate surface area is 124 Å². The predicted octanol–water partition coefficient (Wildman–Crippen LogP) is 4.12. The largest absolute Gasteiger partial charge is 0.374 e. The van der Waals surface area contributed by atoms with Crippen LogP contribution in [0.2, 0.25) is 0 Å². The van der Waals surface area contributed by atoms with Crippen molar-refractivity contribution in [2.75, 3.05) is 18.5 Å². The molecule has 2 nitrogen and oxygen atoms in total. The van der Waals surface area contributed by atoms with Crippen LogP contribution in [0.4, 0.5) is 5.69 Å². The third-order valence-corrected chi connectivity index (χ3v) is 4.39. The van der Waals surface area contributed by atoms with E-state index >= 15 is 0 Å². The van der Waals surface area contributed by atoms with Crippen LogP contribution in [0, 0.1) is 12.8 Å². The molecule has 1 saturated carbocycles. The zero-order valence-corrected chi connectivity index (χ0v) is 13.6. The van der Waals surface area contributed by atoms with Crippen LogP contribution in [0.15, 0.2) is 18.2 Å². The molecule has 1 N–H and O–H groups in total. The van der Waals surface area contributed by atoms with E-state index in [1.54, 1.807) is 0 Å². The molecule has 20 heavy (non-hydrogen) atoms. The van der Waals surface area contributed by atoms with Gasteiger partial charge in [0.2, 0.25) is 0 Å². The summed E-state index contributed by atoms with van der Waals surface area (Å²) >= 11 is 0. The topological polar surface area (TPSA) is 15.3 Å². The summed E-state index contributed by atoms with van der Waals surface area (Å²) in [5, 5.41) is 3.48. The second-order valence-electron chi connectivity index (χ2n) is 6.69. The van der Waals surface area contributed by atoms with Gasteiger partial charge >= 0.3 is 0 Å². The molecule has 1 aromatic carbocycles. The maximum Gasteiger partial charge on any atom is 0.0393 e. The van der Waals surface area contributed by atoms with Crippen molar-refractivity contribution in [1.29, 1.82) is 0 Å². The average Bonchev–Trinajstić information content (AvgIpc) is 2.89. The minimum atomic E-state index is 0.542. The van der Waals surface area contributed by atoms with Crippen LogP contribution < -0.4 is 10.2 Å². The van der Waals surface area contributed by atoms with Gasteiger partial charge in [-0.25, -0.2) is 0 Å². The van der Waals surface area contributed by atoms with Crippen molar-refractivity contribution in [3.63, 3.8) is 0 Å². The van der Waals surface area contributed by atoms with Crippen LogP contribution in [-0.2, 0) is 6.54 Å². The van der Waals surface area contributed by atoms with E-state index in [0.717, 1.165) is 12.5 Å². The monoisotopic (exact) mass is 274 g/mol. The Morgan fingerprint density at radius 2 is 1.95 bits per heavy atom. The highest BCUT2D eigenvalue weighted by Crippen LogP contribution is 2.28. The lowest BCUT2D eigenvalue weighted by molar-refractivity contribution is 0.546. The van der Waals surface area contributed by atoms with Crippen molar-refractivity contribution in [1.82, 2.24) is 5.32 Å². The van der Waals surface area contributed by atoms with Crippen LogP contribution in [0.1, 0.15) is 50.7 Å². The average molecular weight is 274 g/mol. The highest BCUT2D eigenvalue weighted by molar-refractivity contribution is 5.54. The van der Waals surface area contributed by atoms with Gasteiger partial charge < -0.3 is 10.2 Å². The third-order valence-electron chi connectivity index (χ3n) is 4.39. The van der Waals surface area contributed by atoms with Gasteiger partial charge in [0.15, 0.2) is 0 Å². The Morgan fingerprint density at radius 3 is 2.55 bits per heavy atom. The molecule has 0 aromatic heterocycles. The van der Waals surface area contributed by atoms with E-state index in [1.165, 1.54) is 49.0 Å². The van der Waals surface area contributed by atoms with Gasteiger partial charge in [-0.1, -0.05) is 38.8 Å². The van der Waals surface area contributed by atoms with Gasteiger partial charge in [-0.15, -0.1) is 0 Å². The molecule has 0 aliphatic heterocycles. The molecule has 2 heteroatoms. The summed E-state index contributed by atoms with van der Waals surface area (Å²) in [7, 11) is 2.24. The van der Waals surface area contributed by atoms with Crippen LogP contribution in [-0.4, -0.2) is 19.6 Å². The molecule has 0 heterocycles. The summed E-state index contributed by atoms with van der Waals surface area (Å²) in [6.07, 6.45) is 5.69. The Bertz CT molecular complexity index is 419. The number of rotatable bonds is 6. The number of anilines is 1. The van der Waals surface area contributed by atoms with Gasteiger partial charge in [-0.3, -0.25) is 0 Å². The summed E-state index contributed by atoms with van der Waals surface area (Å²) in [6.45, 7) is 8.79. The normalized spacial score (nSPS) is 16.1. The number of benzene rings is 1. The first-order valence-corrected chi connectivity index (χ1v) is 8.10. The van der Waals surface area contributed by atoms with E-state index in [-0.39, 0.29) is 0 Å². The third kappa shape index (κ3) is 4.24. The standard InChI is InChI=1S/C18H30N2/c1-14(2)19-12-17-9-10-18(15(3)11-17)20(4)13-16-7-5-6-8-16/h9-11,14,16,19H,5-8,12-13H2,1-4H3. The second kappa shape index (κ2) is 7.12. The van der Waals surface area contributed by atoms with Gasteiger partial charge in [0.25, 0.3) is 0 Å². The minimum absolute atomic E-state index is 0.542. The van der Waals surface area contributed by atoms with E-state index in [0.29, 0.717) is 6.04 Å². The van der Waals surface area contributed by atoms with Crippen molar-refractivity contribution >= 4 is 5.69 Å². The molecule has 112 valence electrons. The molecular formula is C18H30N2. The number of hydrogen-bond donors (Lipinski definition) is 1. The molecule has 1 aliphatic carbocycles. The van der Waals surface area contributed by atoms with E-state index in [9.17, 15) is 0 Å². The zero-order chi connectivity index (χ0) is 14.5. The Kier molecular flexibility index (Phi) is 5.47. The second-order valence-corrected chi connectivity index (χ2v) is 6.69. The summed E-state index contributed by atoms with van der Waals surface area (Å²) < 4.78 is 0. The van der Waals surface area contributed by atoms with Crippen molar-refractivity contribution in [3.8, 4) is 0 Å². The van der Waals surface area contributed by atoms with E-state index in [2.05, 4.69) is 56.2 Å².